The summed E-state index contributed by atoms with van der Waals surface area (Å²) < 4.78 is 9.95. The molecule has 1 aliphatic heterocycles. The molecule has 0 aliphatic carbocycles. The van der Waals surface area contributed by atoms with Crippen molar-refractivity contribution in [3.8, 4) is 17.1 Å². The Kier molecular flexibility index (Phi) is 1.63. The van der Waals surface area contributed by atoms with Gasteiger partial charge in [-0.05, 0) is 18.6 Å². The van der Waals surface area contributed by atoms with E-state index >= 15 is 0 Å². The van der Waals surface area contributed by atoms with E-state index in [0.717, 1.165) is 5.75 Å². The first-order chi connectivity index (χ1) is 7.27. The maximum atomic E-state index is 5.69. The molecule has 76 valence electrons. The van der Waals surface area contributed by atoms with Gasteiger partial charge in [0.05, 0.1) is 7.05 Å². The molecule has 2 aromatic rings. The number of fused-ring (bicyclic) bond motifs is 3. The summed E-state index contributed by atoms with van der Waals surface area (Å²) in [6.07, 6.45) is 4.10. The second kappa shape index (κ2) is 2.86. The minimum Gasteiger partial charge on any atom is -0.453 e. The molecule has 0 saturated heterocycles. The van der Waals surface area contributed by atoms with Crippen molar-refractivity contribution >= 4 is 0 Å². The first-order valence-electron chi connectivity index (χ1n) is 5.05. The molecule has 0 atom stereocenters. The van der Waals surface area contributed by atoms with Crippen molar-refractivity contribution < 1.29 is 9.30 Å². The Balaban J connectivity index is 2.36. The van der Waals surface area contributed by atoms with Gasteiger partial charge in [-0.1, -0.05) is 12.1 Å². The SMILES string of the molecule is Cc1cccc2c1-c1n(cc[n+]1C)CO2. The Hall–Kier alpha value is -1.77. The summed E-state index contributed by atoms with van der Waals surface area (Å²) in [7, 11) is 2.06. The van der Waals surface area contributed by atoms with E-state index in [1.807, 2.05) is 18.3 Å². The number of ether oxygens (including phenoxy) is 1. The number of nitrogens with zero attached hydrogens (tertiary/aromatic N) is 2. The molecule has 3 heteroatoms. The molecule has 15 heavy (non-hydrogen) atoms. The average molecular weight is 201 g/mol. The van der Waals surface area contributed by atoms with Gasteiger partial charge in [-0.15, -0.1) is 0 Å². The lowest BCUT2D eigenvalue weighted by atomic mass is 10.1. The zero-order valence-corrected chi connectivity index (χ0v) is 8.90. The fourth-order valence-corrected chi connectivity index (χ4v) is 2.14. The van der Waals surface area contributed by atoms with E-state index in [1.54, 1.807) is 0 Å². The van der Waals surface area contributed by atoms with Crippen molar-refractivity contribution in [1.29, 1.82) is 0 Å². The maximum absolute atomic E-state index is 5.69. The molecule has 0 fully saturated rings. The first-order valence-corrected chi connectivity index (χ1v) is 5.05. The van der Waals surface area contributed by atoms with Gasteiger partial charge in [0, 0.05) is 0 Å². The highest BCUT2D eigenvalue weighted by Gasteiger charge is 2.27. The smallest absolute Gasteiger partial charge is 0.295 e. The van der Waals surface area contributed by atoms with E-state index in [4.69, 9.17) is 4.74 Å². The van der Waals surface area contributed by atoms with Crippen LogP contribution in [-0.2, 0) is 13.8 Å². The number of aryl methyl sites for hydroxylation is 2. The van der Waals surface area contributed by atoms with Gasteiger partial charge < -0.3 is 4.74 Å². The van der Waals surface area contributed by atoms with Gasteiger partial charge in [-0.3, -0.25) is 0 Å². The lowest BCUT2D eigenvalue weighted by Gasteiger charge is -2.16. The van der Waals surface area contributed by atoms with Crippen LogP contribution < -0.4 is 9.30 Å². The van der Waals surface area contributed by atoms with E-state index in [2.05, 4.69) is 35.4 Å². The van der Waals surface area contributed by atoms with Gasteiger partial charge in [0.2, 0.25) is 6.73 Å². The topological polar surface area (TPSA) is 18.0 Å². The molecule has 0 N–H and O–H groups in total. The average Bonchev–Trinajstić information content (AvgIpc) is 2.61. The van der Waals surface area contributed by atoms with Gasteiger partial charge in [-0.2, -0.15) is 4.57 Å². The summed E-state index contributed by atoms with van der Waals surface area (Å²) in [5.74, 6) is 2.20. The minimum atomic E-state index is 0.604. The summed E-state index contributed by atoms with van der Waals surface area (Å²) in [5.41, 5.74) is 2.46. The maximum Gasteiger partial charge on any atom is 0.295 e. The molecule has 2 heterocycles. The van der Waals surface area contributed by atoms with Gasteiger partial charge in [0.15, 0.2) is 0 Å². The molecular formula is C12H13N2O+. The molecule has 0 radical (unpaired) electrons. The van der Waals surface area contributed by atoms with E-state index in [0.29, 0.717) is 6.73 Å². The van der Waals surface area contributed by atoms with Crippen molar-refractivity contribution in [2.45, 2.75) is 13.7 Å². The van der Waals surface area contributed by atoms with Gasteiger partial charge >= 0.3 is 0 Å². The Morgan fingerprint density at radius 2 is 2.27 bits per heavy atom. The van der Waals surface area contributed by atoms with Crippen LogP contribution in [0, 0.1) is 6.92 Å². The third kappa shape index (κ3) is 1.09. The largest absolute Gasteiger partial charge is 0.453 e. The number of benzene rings is 1. The Labute approximate surface area is 88.5 Å². The van der Waals surface area contributed by atoms with E-state index in [-0.39, 0.29) is 0 Å². The molecule has 1 aromatic heterocycles. The van der Waals surface area contributed by atoms with E-state index in [9.17, 15) is 0 Å². The van der Waals surface area contributed by atoms with E-state index in [1.165, 1.54) is 17.0 Å². The second-order valence-electron chi connectivity index (χ2n) is 3.92. The van der Waals surface area contributed by atoms with Crippen LogP contribution in [0.2, 0.25) is 0 Å². The Morgan fingerprint density at radius 3 is 3.13 bits per heavy atom. The number of hydrogen-bond donors (Lipinski definition) is 0. The van der Waals surface area contributed by atoms with Crippen molar-refractivity contribution in [3.63, 3.8) is 0 Å². The molecule has 0 unspecified atom stereocenters. The molecule has 3 nitrogen and oxygen atoms in total. The van der Waals surface area contributed by atoms with Crippen molar-refractivity contribution in [3.05, 3.63) is 36.2 Å². The van der Waals surface area contributed by atoms with Crippen LogP contribution in [0.25, 0.3) is 11.4 Å². The molecule has 0 saturated carbocycles. The molecule has 1 aliphatic rings. The second-order valence-corrected chi connectivity index (χ2v) is 3.92. The lowest BCUT2D eigenvalue weighted by Crippen LogP contribution is -2.31. The quantitative estimate of drug-likeness (QED) is 0.592. The molecule has 0 bridgehead atoms. The fourth-order valence-electron chi connectivity index (χ4n) is 2.14. The highest BCUT2D eigenvalue weighted by Crippen LogP contribution is 2.34. The molecule has 1 aromatic carbocycles. The minimum absolute atomic E-state index is 0.604. The zero-order chi connectivity index (χ0) is 10.4. The van der Waals surface area contributed by atoms with Crippen LogP contribution in [0.3, 0.4) is 0 Å². The van der Waals surface area contributed by atoms with Gasteiger partial charge in [0.1, 0.15) is 23.7 Å². The molecule has 0 amide bonds. The zero-order valence-electron chi connectivity index (χ0n) is 8.90. The van der Waals surface area contributed by atoms with Crippen LogP contribution in [0.1, 0.15) is 5.56 Å². The normalized spacial score (nSPS) is 12.9. The number of rotatable bonds is 0. The van der Waals surface area contributed by atoms with Crippen LogP contribution in [0.15, 0.2) is 30.6 Å². The van der Waals surface area contributed by atoms with Crippen LogP contribution in [-0.4, -0.2) is 4.57 Å². The van der Waals surface area contributed by atoms with Crippen LogP contribution in [0.4, 0.5) is 0 Å². The molecular weight excluding hydrogens is 188 g/mol. The fraction of sp³-hybridized carbons (Fsp3) is 0.250. The number of hydrogen-bond acceptors (Lipinski definition) is 1. The third-order valence-electron chi connectivity index (χ3n) is 2.89. The highest BCUT2D eigenvalue weighted by molar-refractivity contribution is 5.67. The highest BCUT2D eigenvalue weighted by atomic mass is 16.5. The Bertz CT molecular complexity index is 528. The van der Waals surface area contributed by atoms with Crippen LogP contribution in [0.5, 0.6) is 5.75 Å². The predicted molar refractivity (Wildman–Crippen MR) is 56.4 cm³/mol. The monoisotopic (exact) mass is 201 g/mol. The third-order valence-corrected chi connectivity index (χ3v) is 2.89. The van der Waals surface area contributed by atoms with Crippen molar-refractivity contribution in [2.24, 2.45) is 7.05 Å². The van der Waals surface area contributed by atoms with Crippen molar-refractivity contribution in [2.75, 3.05) is 0 Å². The summed E-state index contributed by atoms with van der Waals surface area (Å²) in [4.78, 5) is 0. The first kappa shape index (κ1) is 8.53. The standard InChI is InChI=1S/C12H13N2O/c1-9-4-3-5-10-11(9)12-13(2)6-7-14(12)8-15-10/h3-7H,8H2,1-2H3/q+1. The summed E-state index contributed by atoms with van der Waals surface area (Å²) in [5, 5.41) is 0. The Morgan fingerprint density at radius 1 is 1.40 bits per heavy atom. The van der Waals surface area contributed by atoms with E-state index < -0.39 is 0 Å². The van der Waals surface area contributed by atoms with Gasteiger partial charge in [0.25, 0.3) is 5.82 Å². The summed E-state index contributed by atoms with van der Waals surface area (Å²) >= 11 is 0. The van der Waals surface area contributed by atoms with Gasteiger partial charge in [-0.25, -0.2) is 4.57 Å². The number of aromatic nitrogens is 2. The lowest BCUT2D eigenvalue weighted by molar-refractivity contribution is -0.660. The number of imidazole rings is 1. The summed E-state index contributed by atoms with van der Waals surface area (Å²) in [6, 6.07) is 6.18. The van der Waals surface area contributed by atoms with Crippen LogP contribution >= 0.6 is 0 Å². The van der Waals surface area contributed by atoms with Crippen molar-refractivity contribution in [1.82, 2.24) is 4.57 Å². The molecule has 0 spiro atoms. The summed E-state index contributed by atoms with van der Waals surface area (Å²) in [6.45, 7) is 2.72. The predicted octanol–water partition coefficient (Wildman–Crippen LogP) is 1.64. The molecule has 3 rings (SSSR count).